The number of hydrogen-bond donors (Lipinski definition) is 0. The van der Waals surface area contributed by atoms with Crippen molar-refractivity contribution in [3.8, 4) is 0 Å². The molecule has 142 valence electrons. The van der Waals surface area contributed by atoms with E-state index in [2.05, 4.69) is 15.2 Å². The van der Waals surface area contributed by atoms with Gasteiger partial charge >= 0.3 is 20.2 Å². The van der Waals surface area contributed by atoms with Crippen LogP contribution in [-0.2, 0) is 20.2 Å². The molecular formula is C12H14F2N6O4S2. The molecule has 1 heterocycles. The van der Waals surface area contributed by atoms with Gasteiger partial charge in [0.2, 0.25) is 0 Å². The van der Waals surface area contributed by atoms with Crippen molar-refractivity contribution in [1.29, 1.82) is 0 Å². The second-order valence-corrected chi connectivity index (χ2v) is 8.85. The van der Waals surface area contributed by atoms with Crippen molar-refractivity contribution >= 4 is 26.4 Å². The lowest BCUT2D eigenvalue weighted by Gasteiger charge is -2.11. The Hall–Kier alpha value is -2.45. The Kier molecular flexibility index (Phi) is 5.39. The molecule has 0 saturated carbocycles. The van der Waals surface area contributed by atoms with Crippen molar-refractivity contribution in [3.63, 3.8) is 0 Å². The van der Waals surface area contributed by atoms with Crippen LogP contribution in [0, 0.1) is 11.6 Å². The predicted molar refractivity (Wildman–Crippen MR) is 86.9 cm³/mol. The van der Waals surface area contributed by atoms with Gasteiger partial charge in [0.15, 0.2) is 0 Å². The fourth-order valence-corrected chi connectivity index (χ4v) is 3.10. The Balaban J connectivity index is 2.33. The second kappa shape index (κ2) is 7.05. The van der Waals surface area contributed by atoms with Gasteiger partial charge < -0.3 is 0 Å². The first-order valence-corrected chi connectivity index (χ1v) is 9.63. The number of hydrogen-bond acceptors (Lipinski definition) is 7. The van der Waals surface area contributed by atoms with Crippen molar-refractivity contribution < 1.29 is 25.6 Å². The summed E-state index contributed by atoms with van der Waals surface area (Å²) in [6.07, 6.45) is 1.38. The zero-order valence-electron chi connectivity index (χ0n) is 13.8. The van der Waals surface area contributed by atoms with E-state index in [-0.39, 0.29) is 0 Å². The molecule has 14 heteroatoms. The summed E-state index contributed by atoms with van der Waals surface area (Å²) >= 11 is 0. The summed E-state index contributed by atoms with van der Waals surface area (Å²) in [6, 6.07) is 3.10. The molecule has 0 atom stereocenters. The van der Waals surface area contributed by atoms with Crippen LogP contribution in [0.2, 0.25) is 0 Å². The summed E-state index contributed by atoms with van der Waals surface area (Å²) in [5, 5.41) is 6.02. The van der Waals surface area contributed by atoms with Crippen molar-refractivity contribution in [1.82, 2.24) is 22.9 Å². The van der Waals surface area contributed by atoms with Gasteiger partial charge in [0, 0.05) is 21.1 Å². The fraction of sp³-hybridized carbons (Fsp3) is 0.250. The molecule has 0 aliphatic rings. The Labute approximate surface area is 148 Å². The number of hydrazone groups is 1. The minimum Gasteiger partial charge on any atom is -0.206 e. The fourth-order valence-electron chi connectivity index (χ4n) is 1.58. The minimum atomic E-state index is -4.44. The number of rotatable bonds is 6. The van der Waals surface area contributed by atoms with E-state index in [1.165, 1.54) is 14.1 Å². The van der Waals surface area contributed by atoms with Gasteiger partial charge in [-0.2, -0.15) is 30.7 Å². The maximum absolute atomic E-state index is 13.5. The third-order valence-electron chi connectivity index (χ3n) is 3.08. The van der Waals surface area contributed by atoms with Crippen LogP contribution in [0.4, 0.5) is 8.78 Å². The summed E-state index contributed by atoms with van der Waals surface area (Å²) in [5.74, 6) is -1.86. The van der Waals surface area contributed by atoms with E-state index >= 15 is 0 Å². The average Bonchev–Trinajstić information content (AvgIpc) is 3.05. The summed E-state index contributed by atoms with van der Waals surface area (Å²) in [5.41, 5.74) is -0.539. The molecule has 0 fully saturated rings. The lowest BCUT2D eigenvalue weighted by molar-refractivity contribution is 0.480. The summed E-state index contributed by atoms with van der Waals surface area (Å²) in [7, 11) is -5.06. The third kappa shape index (κ3) is 3.71. The van der Waals surface area contributed by atoms with Crippen LogP contribution >= 0.6 is 0 Å². The molecule has 1 aromatic carbocycles. The van der Waals surface area contributed by atoms with E-state index in [1.807, 2.05) is 0 Å². The Morgan fingerprint density at radius 3 is 2.23 bits per heavy atom. The molecule has 0 aliphatic carbocycles. The molecule has 26 heavy (non-hydrogen) atoms. The lowest BCUT2D eigenvalue weighted by atomic mass is 10.2. The van der Waals surface area contributed by atoms with Crippen LogP contribution in [-0.4, -0.2) is 67.1 Å². The SMILES string of the molecule is CN(/N=C/c1c(F)cccc1F)S(=O)(=O)c1ncn(S(=O)(=O)N(C)C)n1. The predicted octanol–water partition coefficient (Wildman–Crippen LogP) is -0.135. The van der Waals surface area contributed by atoms with E-state index in [4.69, 9.17) is 0 Å². The van der Waals surface area contributed by atoms with E-state index in [1.54, 1.807) is 0 Å². The summed E-state index contributed by atoms with van der Waals surface area (Å²) < 4.78 is 77.0. The quantitative estimate of drug-likeness (QED) is 0.485. The van der Waals surface area contributed by atoms with Gasteiger partial charge in [-0.3, -0.25) is 0 Å². The van der Waals surface area contributed by atoms with Crippen molar-refractivity contribution in [2.75, 3.05) is 21.1 Å². The highest BCUT2D eigenvalue weighted by Gasteiger charge is 2.28. The van der Waals surface area contributed by atoms with Crippen molar-refractivity contribution in [3.05, 3.63) is 41.7 Å². The molecule has 0 spiro atoms. The molecule has 0 unspecified atom stereocenters. The Bertz CT molecular complexity index is 1030. The lowest BCUT2D eigenvalue weighted by Crippen LogP contribution is -2.30. The zero-order valence-corrected chi connectivity index (χ0v) is 15.4. The smallest absolute Gasteiger partial charge is 0.206 e. The van der Waals surface area contributed by atoms with Crippen LogP contribution in [0.3, 0.4) is 0 Å². The van der Waals surface area contributed by atoms with Gasteiger partial charge in [-0.25, -0.2) is 13.8 Å². The largest absolute Gasteiger partial charge is 0.323 e. The van der Waals surface area contributed by atoms with Crippen LogP contribution < -0.4 is 0 Å². The first kappa shape index (κ1) is 19.9. The highest BCUT2D eigenvalue weighted by Crippen LogP contribution is 2.13. The second-order valence-electron chi connectivity index (χ2n) is 5.01. The van der Waals surface area contributed by atoms with Crippen LogP contribution in [0.25, 0.3) is 0 Å². The van der Waals surface area contributed by atoms with Crippen LogP contribution in [0.5, 0.6) is 0 Å². The molecule has 0 amide bonds. The van der Waals surface area contributed by atoms with E-state index in [0.717, 1.165) is 29.6 Å². The highest BCUT2D eigenvalue weighted by molar-refractivity contribution is 7.89. The maximum atomic E-state index is 13.5. The van der Waals surface area contributed by atoms with E-state index in [9.17, 15) is 25.6 Å². The van der Waals surface area contributed by atoms with Gasteiger partial charge in [0.05, 0.1) is 11.8 Å². The summed E-state index contributed by atoms with van der Waals surface area (Å²) in [6.45, 7) is 0. The molecule has 0 saturated heterocycles. The number of sulfonamides is 1. The van der Waals surface area contributed by atoms with Gasteiger partial charge in [-0.15, -0.1) is 9.19 Å². The number of benzene rings is 1. The molecule has 1 aromatic heterocycles. The first-order chi connectivity index (χ1) is 12.0. The van der Waals surface area contributed by atoms with Crippen LogP contribution in [0.15, 0.2) is 34.8 Å². The molecule has 0 bridgehead atoms. The van der Waals surface area contributed by atoms with Crippen molar-refractivity contribution in [2.45, 2.75) is 5.16 Å². The van der Waals surface area contributed by atoms with Gasteiger partial charge in [0.25, 0.3) is 5.16 Å². The molecule has 0 aliphatic heterocycles. The third-order valence-corrected chi connectivity index (χ3v) is 6.09. The summed E-state index contributed by atoms with van der Waals surface area (Å²) in [4.78, 5) is 3.44. The van der Waals surface area contributed by atoms with Gasteiger partial charge in [0.1, 0.15) is 18.0 Å². The standard InChI is InChI=1S/C12H14F2N6O4S2/c1-18(2)26(23,24)20-8-15-12(17-20)25(21,22)19(3)16-7-9-10(13)5-4-6-11(9)14/h4-8H,1-3H3/b16-7+. The van der Waals surface area contributed by atoms with Gasteiger partial charge in [-0.1, -0.05) is 6.07 Å². The topological polar surface area (TPSA) is 118 Å². The monoisotopic (exact) mass is 408 g/mol. The Morgan fingerprint density at radius 1 is 1.12 bits per heavy atom. The average molecular weight is 408 g/mol. The number of halogens is 2. The minimum absolute atomic E-state index is 0.362. The molecule has 0 radical (unpaired) electrons. The van der Waals surface area contributed by atoms with Crippen LogP contribution in [0.1, 0.15) is 5.56 Å². The van der Waals surface area contributed by atoms with Crippen molar-refractivity contribution in [2.24, 2.45) is 5.10 Å². The number of aromatic nitrogens is 3. The van der Waals surface area contributed by atoms with E-state index in [0.29, 0.717) is 21.0 Å². The molecule has 2 rings (SSSR count). The van der Waals surface area contributed by atoms with Gasteiger partial charge in [-0.05, 0) is 12.1 Å². The molecule has 0 N–H and O–H groups in total. The molecule has 2 aromatic rings. The highest BCUT2D eigenvalue weighted by atomic mass is 32.2. The first-order valence-electron chi connectivity index (χ1n) is 6.79. The molecule has 10 nitrogen and oxygen atoms in total. The number of nitrogens with zero attached hydrogens (tertiary/aromatic N) is 6. The zero-order chi connectivity index (χ0) is 19.7. The molecular weight excluding hydrogens is 394 g/mol. The Morgan fingerprint density at radius 2 is 1.69 bits per heavy atom. The van der Waals surface area contributed by atoms with E-state index < -0.39 is 42.6 Å². The maximum Gasteiger partial charge on any atom is 0.323 e. The normalized spacial score (nSPS) is 12.8.